The average Bonchev–Trinajstić information content (AvgIpc) is 2.52. The number of carbonyl (C=O) groups is 2. The van der Waals surface area contributed by atoms with Crippen molar-refractivity contribution < 1.29 is 14.0 Å². The second-order valence-corrected chi connectivity index (χ2v) is 5.89. The van der Waals surface area contributed by atoms with Gasteiger partial charge in [-0.1, -0.05) is 18.2 Å². The molecule has 0 aliphatic carbocycles. The maximum atomic E-state index is 13.6. The molecule has 0 spiro atoms. The fourth-order valence-electron chi connectivity index (χ4n) is 2.90. The lowest BCUT2D eigenvalue weighted by Gasteiger charge is -2.33. The molecular formula is C17H23FN2O2. The third kappa shape index (κ3) is 4.83. The second-order valence-electron chi connectivity index (χ2n) is 5.89. The van der Waals surface area contributed by atoms with E-state index in [4.69, 9.17) is 0 Å². The fraction of sp³-hybridized carbons (Fsp3) is 0.529. The van der Waals surface area contributed by atoms with E-state index in [-0.39, 0.29) is 24.2 Å². The number of amides is 2. The van der Waals surface area contributed by atoms with Crippen LogP contribution in [-0.2, 0) is 16.0 Å². The van der Waals surface area contributed by atoms with E-state index in [1.807, 2.05) is 17.0 Å². The van der Waals surface area contributed by atoms with Gasteiger partial charge in [0.25, 0.3) is 0 Å². The Hall–Kier alpha value is -1.91. The van der Waals surface area contributed by atoms with Gasteiger partial charge in [-0.05, 0) is 43.2 Å². The zero-order valence-corrected chi connectivity index (χ0v) is 13.0. The maximum absolute atomic E-state index is 13.6. The van der Waals surface area contributed by atoms with Gasteiger partial charge in [0.05, 0.1) is 6.54 Å². The highest BCUT2D eigenvalue weighted by Crippen LogP contribution is 2.22. The molecule has 2 amide bonds. The lowest BCUT2D eigenvalue weighted by molar-refractivity contribution is -0.134. The Morgan fingerprint density at radius 1 is 1.36 bits per heavy atom. The predicted molar refractivity (Wildman–Crippen MR) is 82.7 cm³/mol. The summed E-state index contributed by atoms with van der Waals surface area (Å²) in [7, 11) is 0. The maximum Gasteiger partial charge on any atom is 0.241 e. The topological polar surface area (TPSA) is 49.4 Å². The van der Waals surface area contributed by atoms with Gasteiger partial charge in [0.2, 0.25) is 11.8 Å². The minimum atomic E-state index is -0.193. The highest BCUT2D eigenvalue weighted by molar-refractivity contribution is 5.83. The number of rotatable bonds is 5. The van der Waals surface area contributed by atoms with Crippen LogP contribution >= 0.6 is 0 Å². The number of nitrogens with one attached hydrogen (secondary N) is 1. The smallest absolute Gasteiger partial charge is 0.241 e. The van der Waals surface area contributed by atoms with E-state index >= 15 is 0 Å². The number of likely N-dealkylation sites (tertiary alicyclic amines) is 1. The van der Waals surface area contributed by atoms with E-state index in [9.17, 15) is 14.0 Å². The molecule has 22 heavy (non-hydrogen) atoms. The molecule has 0 saturated carbocycles. The molecule has 1 N–H and O–H groups in total. The summed E-state index contributed by atoms with van der Waals surface area (Å²) < 4.78 is 13.6. The lowest BCUT2D eigenvalue weighted by Crippen LogP contribution is -2.44. The van der Waals surface area contributed by atoms with Gasteiger partial charge in [0.15, 0.2) is 0 Å². The first-order valence-corrected chi connectivity index (χ1v) is 7.82. The zero-order chi connectivity index (χ0) is 15.9. The summed E-state index contributed by atoms with van der Waals surface area (Å²) in [6.07, 6.45) is 3.61. The number of hydrogen-bond acceptors (Lipinski definition) is 2. The van der Waals surface area contributed by atoms with Crippen molar-refractivity contribution >= 4 is 11.8 Å². The van der Waals surface area contributed by atoms with Crippen LogP contribution in [0.25, 0.3) is 0 Å². The van der Waals surface area contributed by atoms with Crippen LogP contribution in [0.1, 0.15) is 31.7 Å². The molecule has 1 aromatic carbocycles. The SMILES string of the molecule is CC(=O)NCC(=O)N1CCC[C@H](CCc2ccccc2F)C1. The molecule has 1 saturated heterocycles. The number of piperidine rings is 1. The average molecular weight is 306 g/mol. The quantitative estimate of drug-likeness (QED) is 0.906. The van der Waals surface area contributed by atoms with Gasteiger partial charge in [-0.25, -0.2) is 4.39 Å². The Morgan fingerprint density at radius 3 is 2.86 bits per heavy atom. The van der Waals surface area contributed by atoms with E-state index in [2.05, 4.69) is 5.32 Å². The van der Waals surface area contributed by atoms with Crippen molar-refractivity contribution in [2.75, 3.05) is 19.6 Å². The number of hydrogen-bond donors (Lipinski definition) is 1. The van der Waals surface area contributed by atoms with E-state index in [1.54, 1.807) is 6.07 Å². The molecule has 2 rings (SSSR count). The monoisotopic (exact) mass is 306 g/mol. The molecule has 0 radical (unpaired) electrons. The van der Waals surface area contributed by atoms with Crippen LogP contribution in [-0.4, -0.2) is 36.3 Å². The van der Waals surface area contributed by atoms with Crippen LogP contribution in [0.4, 0.5) is 4.39 Å². The van der Waals surface area contributed by atoms with Crippen molar-refractivity contribution in [1.82, 2.24) is 10.2 Å². The molecule has 1 aliphatic rings. The Labute approximate surface area is 130 Å². The molecular weight excluding hydrogens is 283 g/mol. The van der Waals surface area contributed by atoms with Crippen molar-refractivity contribution in [3.8, 4) is 0 Å². The summed E-state index contributed by atoms with van der Waals surface area (Å²) >= 11 is 0. The first-order chi connectivity index (χ1) is 10.6. The summed E-state index contributed by atoms with van der Waals surface area (Å²) in [6, 6.07) is 6.85. The molecule has 1 aliphatic heterocycles. The molecule has 5 heteroatoms. The number of carbonyl (C=O) groups excluding carboxylic acids is 2. The molecule has 120 valence electrons. The Morgan fingerprint density at radius 2 is 2.14 bits per heavy atom. The van der Waals surface area contributed by atoms with Gasteiger partial charge < -0.3 is 10.2 Å². The number of nitrogens with zero attached hydrogens (tertiary/aromatic N) is 1. The van der Waals surface area contributed by atoms with Crippen molar-refractivity contribution in [2.45, 2.75) is 32.6 Å². The van der Waals surface area contributed by atoms with Crippen LogP contribution < -0.4 is 5.32 Å². The van der Waals surface area contributed by atoms with Gasteiger partial charge in [-0.15, -0.1) is 0 Å². The van der Waals surface area contributed by atoms with Crippen molar-refractivity contribution in [2.24, 2.45) is 5.92 Å². The van der Waals surface area contributed by atoms with Crippen LogP contribution in [0.3, 0.4) is 0 Å². The summed E-state index contributed by atoms with van der Waals surface area (Å²) in [5.41, 5.74) is 0.740. The summed E-state index contributed by atoms with van der Waals surface area (Å²) in [5.74, 6) is 0.0128. The molecule has 0 aromatic heterocycles. The molecule has 1 fully saturated rings. The first kappa shape index (κ1) is 16.5. The van der Waals surface area contributed by atoms with Gasteiger partial charge in [0, 0.05) is 20.0 Å². The van der Waals surface area contributed by atoms with Crippen molar-refractivity contribution in [3.05, 3.63) is 35.6 Å². The molecule has 4 nitrogen and oxygen atoms in total. The van der Waals surface area contributed by atoms with Crippen LogP contribution in [0, 0.1) is 11.7 Å². The second kappa shape index (κ2) is 7.92. The first-order valence-electron chi connectivity index (χ1n) is 7.82. The molecule has 1 heterocycles. The highest BCUT2D eigenvalue weighted by atomic mass is 19.1. The third-order valence-electron chi connectivity index (χ3n) is 4.14. The van der Waals surface area contributed by atoms with Gasteiger partial charge in [-0.2, -0.15) is 0 Å². The summed E-state index contributed by atoms with van der Waals surface area (Å²) in [5, 5.41) is 2.54. The summed E-state index contributed by atoms with van der Waals surface area (Å²) in [4.78, 5) is 24.7. The van der Waals surface area contributed by atoms with Crippen molar-refractivity contribution in [1.29, 1.82) is 0 Å². The Balaban J connectivity index is 1.82. The van der Waals surface area contributed by atoms with Gasteiger partial charge >= 0.3 is 0 Å². The molecule has 0 unspecified atom stereocenters. The number of halogens is 1. The summed E-state index contributed by atoms with van der Waals surface area (Å²) in [6.45, 7) is 2.91. The normalized spacial score (nSPS) is 18.1. The van der Waals surface area contributed by atoms with Crippen LogP contribution in [0.2, 0.25) is 0 Å². The van der Waals surface area contributed by atoms with E-state index in [0.717, 1.165) is 31.4 Å². The zero-order valence-electron chi connectivity index (χ0n) is 13.0. The fourth-order valence-corrected chi connectivity index (χ4v) is 2.90. The third-order valence-corrected chi connectivity index (χ3v) is 4.14. The van der Waals surface area contributed by atoms with E-state index in [1.165, 1.54) is 13.0 Å². The minimum absolute atomic E-state index is 0.0363. The van der Waals surface area contributed by atoms with Crippen molar-refractivity contribution in [3.63, 3.8) is 0 Å². The molecule has 1 aromatic rings. The predicted octanol–water partition coefficient (Wildman–Crippen LogP) is 2.13. The highest BCUT2D eigenvalue weighted by Gasteiger charge is 2.23. The van der Waals surface area contributed by atoms with Crippen LogP contribution in [0.5, 0.6) is 0 Å². The number of aryl methyl sites for hydroxylation is 1. The Kier molecular flexibility index (Phi) is 5.92. The largest absolute Gasteiger partial charge is 0.347 e. The van der Waals surface area contributed by atoms with E-state index in [0.29, 0.717) is 18.9 Å². The lowest BCUT2D eigenvalue weighted by atomic mass is 9.91. The van der Waals surface area contributed by atoms with Gasteiger partial charge in [-0.3, -0.25) is 9.59 Å². The molecule has 1 atom stereocenters. The minimum Gasteiger partial charge on any atom is -0.347 e. The van der Waals surface area contributed by atoms with E-state index < -0.39 is 0 Å². The Bertz CT molecular complexity index is 533. The number of benzene rings is 1. The van der Waals surface area contributed by atoms with Crippen LogP contribution in [0.15, 0.2) is 24.3 Å². The van der Waals surface area contributed by atoms with Gasteiger partial charge in [0.1, 0.15) is 5.82 Å². The molecule has 0 bridgehead atoms. The standard InChI is InChI=1S/C17H23FN2O2/c1-13(21)19-11-17(22)20-10-4-5-14(12-20)8-9-15-6-2-3-7-16(15)18/h2-3,6-7,14H,4-5,8-12H2,1H3,(H,19,21)/t14-/m1/s1.